The van der Waals surface area contributed by atoms with Gasteiger partial charge in [-0.25, -0.2) is 8.42 Å². The highest BCUT2D eigenvalue weighted by atomic mass is 32.2. The molecule has 1 N–H and O–H groups in total. The van der Waals surface area contributed by atoms with Crippen LogP contribution in [0.1, 0.15) is 33.1 Å². The van der Waals surface area contributed by atoms with Gasteiger partial charge in [0.2, 0.25) is 5.37 Å². The molecule has 12 heteroatoms. The summed E-state index contributed by atoms with van der Waals surface area (Å²) in [6.07, 6.45) is 2.03. The molecule has 0 aromatic carbocycles. The maximum absolute atomic E-state index is 11.6. The van der Waals surface area contributed by atoms with Gasteiger partial charge in [-0.05, 0) is 6.42 Å². The van der Waals surface area contributed by atoms with Gasteiger partial charge in [-0.3, -0.25) is 4.55 Å². The molecule has 1 unspecified atom stereocenters. The second kappa shape index (κ2) is 8.76. The summed E-state index contributed by atoms with van der Waals surface area (Å²) >= 11 is 0. The zero-order valence-corrected chi connectivity index (χ0v) is 14.9. The Morgan fingerprint density at radius 2 is 1.65 bits per heavy atom. The number of rotatable bonds is 6. The molecule has 1 saturated heterocycles. The minimum Gasteiger partial charge on any atom is -0.356 e. The molecular weight excluding hydrogens is 352 g/mol. The molecular formula is C11H24N2O8S2. The van der Waals surface area contributed by atoms with E-state index in [0.29, 0.717) is 13.0 Å². The van der Waals surface area contributed by atoms with Gasteiger partial charge in [0, 0.05) is 6.42 Å². The molecule has 1 aliphatic rings. The van der Waals surface area contributed by atoms with Gasteiger partial charge in [-0.1, -0.05) is 20.3 Å². The summed E-state index contributed by atoms with van der Waals surface area (Å²) < 4.78 is 55.9. The zero-order valence-electron chi connectivity index (χ0n) is 13.3. The van der Waals surface area contributed by atoms with Gasteiger partial charge < -0.3 is 19.8 Å². The van der Waals surface area contributed by atoms with E-state index in [-0.39, 0.29) is 29.1 Å². The zero-order chi connectivity index (χ0) is 18.3. The summed E-state index contributed by atoms with van der Waals surface area (Å²) in [6.45, 7) is 4.88. The minimum absolute atomic E-state index is 0.00271. The first-order valence-electron chi connectivity index (χ1n) is 7.24. The van der Waals surface area contributed by atoms with Gasteiger partial charge in [0.1, 0.15) is 0 Å². The van der Waals surface area contributed by atoms with Crippen LogP contribution >= 0.6 is 0 Å². The van der Waals surface area contributed by atoms with Gasteiger partial charge in [0.05, 0.1) is 36.2 Å². The first kappa shape index (κ1) is 22.0. The summed E-state index contributed by atoms with van der Waals surface area (Å²) in [7, 11) is -7.22. The summed E-state index contributed by atoms with van der Waals surface area (Å²) in [5, 5.41) is 13.8. The monoisotopic (exact) mass is 376 g/mol. The van der Waals surface area contributed by atoms with Crippen molar-refractivity contribution >= 4 is 20.0 Å². The lowest BCUT2D eigenvalue weighted by Crippen LogP contribution is -2.64. The summed E-state index contributed by atoms with van der Waals surface area (Å²) in [5.74, 6) is 0.00543. The predicted molar refractivity (Wildman–Crippen MR) is 84.4 cm³/mol. The third kappa shape index (κ3) is 7.42. The van der Waals surface area contributed by atoms with Crippen LogP contribution in [0.5, 0.6) is 0 Å². The Morgan fingerprint density at radius 1 is 1.22 bits per heavy atom. The van der Waals surface area contributed by atoms with Crippen LogP contribution in [0.4, 0.5) is 0 Å². The lowest BCUT2D eigenvalue weighted by molar-refractivity contribution is -0.936. The Morgan fingerprint density at radius 3 is 1.96 bits per heavy atom. The molecule has 0 aliphatic carbocycles. The van der Waals surface area contributed by atoms with Crippen LogP contribution in [0.3, 0.4) is 0 Å². The number of unbranched alkanes of at least 4 members (excludes halogenated alkanes) is 1. The molecule has 0 amide bonds. The lowest BCUT2D eigenvalue weighted by Gasteiger charge is -2.45. The van der Waals surface area contributed by atoms with Crippen LogP contribution in [0.15, 0.2) is 0 Å². The standard InChI is InChI=1S/C11H23NO5S2.NO3/c1-3-5-6-12(11(4-2)19(15,16)17)7-9-18(13,14)10-8-12;2-1(3)4/h11H,3-10H2,1-2H3;/q;-1/p+1. The highest BCUT2D eigenvalue weighted by Crippen LogP contribution is 2.26. The van der Waals surface area contributed by atoms with Gasteiger partial charge in [-0.2, -0.15) is 8.42 Å². The van der Waals surface area contributed by atoms with Crippen molar-refractivity contribution in [2.24, 2.45) is 0 Å². The first-order valence-corrected chi connectivity index (χ1v) is 10.6. The van der Waals surface area contributed by atoms with Crippen LogP contribution in [0, 0.1) is 15.3 Å². The smallest absolute Gasteiger partial charge is 0.319 e. The van der Waals surface area contributed by atoms with Crippen molar-refractivity contribution in [1.29, 1.82) is 0 Å². The summed E-state index contributed by atoms with van der Waals surface area (Å²) in [6, 6.07) is 0. The number of hydrogen-bond acceptors (Lipinski definition) is 7. The van der Waals surface area contributed by atoms with Crippen LogP contribution in [0.2, 0.25) is 0 Å². The average Bonchev–Trinajstić information content (AvgIpc) is 2.38. The fourth-order valence-corrected chi connectivity index (χ4v) is 5.66. The second-order valence-electron chi connectivity index (χ2n) is 5.50. The van der Waals surface area contributed by atoms with Crippen LogP contribution in [-0.4, -0.2) is 67.5 Å². The number of quaternary nitrogens is 1. The molecule has 1 aliphatic heterocycles. The molecule has 1 heterocycles. The fraction of sp³-hybridized carbons (Fsp3) is 1.00. The van der Waals surface area contributed by atoms with E-state index in [9.17, 15) is 21.4 Å². The quantitative estimate of drug-likeness (QED) is 0.302. The van der Waals surface area contributed by atoms with Gasteiger partial charge in [-0.15, -0.1) is 0 Å². The average molecular weight is 376 g/mol. The SMILES string of the molecule is CCCC[N+]1(C(CC)S(=O)(=O)O)CCS(=O)(=O)CC1.O=[N+]([O-])[O-]. The highest BCUT2D eigenvalue weighted by Gasteiger charge is 2.46. The maximum atomic E-state index is 11.6. The van der Waals surface area contributed by atoms with Gasteiger partial charge >= 0.3 is 10.1 Å². The van der Waals surface area contributed by atoms with E-state index >= 15 is 0 Å². The molecule has 0 aromatic heterocycles. The van der Waals surface area contributed by atoms with E-state index in [1.165, 1.54) is 0 Å². The normalized spacial score (nSPS) is 20.8. The van der Waals surface area contributed by atoms with E-state index in [0.717, 1.165) is 12.8 Å². The lowest BCUT2D eigenvalue weighted by atomic mass is 10.2. The summed E-state index contributed by atoms with van der Waals surface area (Å²) in [5.41, 5.74) is 0. The minimum atomic E-state index is -4.16. The third-order valence-electron chi connectivity index (χ3n) is 3.96. The van der Waals surface area contributed by atoms with Crippen molar-refractivity contribution in [3.63, 3.8) is 0 Å². The van der Waals surface area contributed by atoms with Crippen LogP contribution < -0.4 is 0 Å². The maximum Gasteiger partial charge on any atom is 0.319 e. The molecule has 10 nitrogen and oxygen atoms in total. The Labute approximate surface area is 136 Å². The Bertz CT molecular complexity index is 569. The van der Waals surface area contributed by atoms with Crippen molar-refractivity contribution in [3.05, 3.63) is 15.3 Å². The molecule has 0 radical (unpaired) electrons. The first-order chi connectivity index (χ1) is 10.4. The number of nitrogens with zero attached hydrogens (tertiary/aromatic N) is 2. The number of sulfone groups is 1. The molecule has 23 heavy (non-hydrogen) atoms. The Kier molecular flexibility index (Phi) is 8.38. The summed E-state index contributed by atoms with van der Waals surface area (Å²) in [4.78, 5) is 8.25. The Hall–Kier alpha value is -0.980. The molecule has 1 fully saturated rings. The molecule has 1 atom stereocenters. The van der Waals surface area contributed by atoms with E-state index in [1.54, 1.807) is 6.92 Å². The molecule has 0 aromatic rings. The van der Waals surface area contributed by atoms with Crippen molar-refractivity contribution in [1.82, 2.24) is 0 Å². The van der Waals surface area contributed by atoms with E-state index < -0.39 is 30.4 Å². The predicted octanol–water partition coefficient (Wildman–Crippen LogP) is 0.417. The largest absolute Gasteiger partial charge is 0.356 e. The van der Waals surface area contributed by atoms with Crippen molar-refractivity contribution in [2.45, 2.75) is 38.5 Å². The highest BCUT2D eigenvalue weighted by molar-refractivity contribution is 7.91. The Balaban J connectivity index is 0.00000108. The molecule has 138 valence electrons. The molecule has 0 saturated carbocycles. The topological polar surface area (TPSA) is 155 Å². The number of hydrogen-bond donors (Lipinski definition) is 1. The molecule has 1 rings (SSSR count). The van der Waals surface area contributed by atoms with E-state index in [2.05, 4.69) is 0 Å². The van der Waals surface area contributed by atoms with Gasteiger partial charge in [0.25, 0.3) is 0 Å². The fourth-order valence-electron chi connectivity index (χ4n) is 2.86. The van der Waals surface area contributed by atoms with Crippen LogP contribution in [-0.2, 0) is 20.0 Å². The van der Waals surface area contributed by atoms with Crippen molar-refractivity contribution in [3.8, 4) is 0 Å². The third-order valence-corrected chi connectivity index (χ3v) is 7.03. The molecule has 0 bridgehead atoms. The van der Waals surface area contributed by atoms with Gasteiger partial charge in [0.15, 0.2) is 9.84 Å². The second-order valence-corrected chi connectivity index (χ2v) is 9.37. The van der Waals surface area contributed by atoms with Crippen molar-refractivity contribution < 1.29 is 31.0 Å². The van der Waals surface area contributed by atoms with E-state index in [1.807, 2.05) is 6.92 Å². The van der Waals surface area contributed by atoms with E-state index in [4.69, 9.17) is 15.3 Å². The molecule has 0 spiro atoms. The van der Waals surface area contributed by atoms with Crippen LogP contribution in [0.25, 0.3) is 0 Å². The van der Waals surface area contributed by atoms with Crippen molar-refractivity contribution in [2.75, 3.05) is 31.1 Å².